The van der Waals surface area contributed by atoms with Crippen LogP contribution in [0.25, 0.3) is 16.7 Å². The van der Waals surface area contributed by atoms with Crippen LogP contribution in [0.4, 0.5) is 5.82 Å². The Labute approximate surface area is 139 Å². The molecule has 0 amide bonds. The first-order valence-corrected chi connectivity index (χ1v) is 9.57. The van der Waals surface area contributed by atoms with E-state index in [0.717, 1.165) is 11.1 Å². The Hall–Kier alpha value is -2.48. The highest BCUT2D eigenvalue weighted by molar-refractivity contribution is 7.92. The van der Waals surface area contributed by atoms with Gasteiger partial charge in [0.1, 0.15) is 12.1 Å². The van der Waals surface area contributed by atoms with E-state index in [1.54, 1.807) is 10.9 Å². The second-order valence-corrected chi connectivity index (χ2v) is 8.57. The molecule has 3 aromatic rings. The smallest absolute Gasteiger partial charge is 0.168 e. The van der Waals surface area contributed by atoms with Crippen molar-refractivity contribution in [1.29, 1.82) is 0 Å². The number of aromatic nitrogens is 4. The van der Waals surface area contributed by atoms with Crippen molar-refractivity contribution in [1.82, 2.24) is 19.7 Å². The summed E-state index contributed by atoms with van der Waals surface area (Å²) in [4.78, 5) is 8.57. The van der Waals surface area contributed by atoms with E-state index in [1.165, 1.54) is 12.6 Å². The number of nitrogens with one attached hydrogen (secondary N) is 1. The molecule has 8 heteroatoms. The van der Waals surface area contributed by atoms with E-state index >= 15 is 0 Å². The van der Waals surface area contributed by atoms with E-state index in [9.17, 15) is 8.42 Å². The molecule has 0 saturated heterocycles. The number of para-hydroxylation sites is 1. The molecule has 1 aliphatic carbocycles. The largest absolute Gasteiger partial charge is 0.368 e. The summed E-state index contributed by atoms with van der Waals surface area (Å²) in [7, 11) is -3.08. The molecule has 0 spiro atoms. The van der Waals surface area contributed by atoms with Crippen molar-refractivity contribution in [3.05, 3.63) is 42.9 Å². The van der Waals surface area contributed by atoms with Gasteiger partial charge in [-0.25, -0.2) is 23.1 Å². The van der Waals surface area contributed by atoms with E-state index in [1.807, 2.05) is 30.3 Å². The molecule has 24 heavy (non-hydrogen) atoms. The van der Waals surface area contributed by atoms with Gasteiger partial charge in [0.25, 0.3) is 0 Å². The maximum atomic E-state index is 11.9. The summed E-state index contributed by atoms with van der Waals surface area (Å²) < 4.78 is 24.9. The first-order chi connectivity index (χ1) is 11.5. The van der Waals surface area contributed by atoms with Crippen molar-refractivity contribution >= 4 is 26.7 Å². The Kier molecular flexibility index (Phi) is 3.31. The maximum Gasteiger partial charge on any atom is 0.168 e. The van der Waals surface area contributed by atoms with Crippen LogP contribution in [0.2, 0.25) is 0 Å². The fourth-order valence-electron chi connectivity index (χ4n) is 2.81. The van der Waals surface area contributed by atoms with Crippen LogP contribution in [-0.2, 0) is 9.84 Å². The van der Waals surface area contributed by atoms with Gasteiger partial charge in [-0.15, -0.1) is 0 Å². The van der Waals surface area contributed by atoms with Crippen LogP contribution >= 0.6 is 0 Å². The van der Waals surface area contributed by atoms with Gasteiger partial charge >= 0.3 is 0 Å². The molecule has 7 nitrogen and oxygen atoms in total. The average Bonchev–Trinajstić information content (AvgIpc) is 3.26. The molecular weight excluding hydrogens is 326 g/mol. The zero-order valence-electron chi connectivity index (χ0n) is 13.2. The van der Waals surface area contributed by atoms with Gasteiger partial charge in [-0.1, -0.05) is 18.2 Å². The molecule has 4 rings (SSSR count). The van der Waals surface area contributed by atoms with Crippen LogP contribution in [0.1, 0.15) is 12.8 Å². The molecule has 1 N–H and O–H groups in total. The second-order valence-electron chi connectivity index (χ2n) is 6.16. The Morgan fingerprint density at radius 3 is 2.62 bits per heavy atom. The number of hydrogen-bond donors (Lipinski definition) is 1. The number of sulfone groups is 1. The van der Waals surface area contributed by atoms with Crippen molar-refractivity contribution in [2.24, 2.45) is 0 Å². The van der Waals surface area contributed by atoms with E-state index in [2.05, 4.69) is 20.4 Å². The lowest BCUT2D eigenvalue weighted by atomic mass is 10.3. The fourth-order valence-corrected chi connectivity index (χ4v) is 3.98. The summed E-state index contributed by atoms with van der Waals surface area (Å²) >= 11 is 0. The predicted octanol–water partition coefficient (Wildman–Crippen LogP) is 1.80. The Balaban J connectivity index is 1.67. The molecule has 0 radical (unpaired) electrons. The monoisotopic (exact) mass is 343 g/mol. The first kappa shape index (κ1) is 15.1. The predicted molar refractivity (Wildman–Crippen MR) is 92.0 cm³/mol. The minimum atomic E-state index is -3.08. The van der Waals surface area contributed by atoms with Crippen molar-refractivity contribution < 1.29 is 8.42 Å². The lowest BCUT2D eigenvalue weighted by Gasteiger charge is -2.14. The van der Waals surface area contributed by atoms with Gasteiger partial charge < -0.3 is 5.32 Å². The summed E-state index contributed by atoms with van der Waals surface area (Å²) in [6.07, 6.45) is 5.84. The summed E-state index contributed by atoms with van der Waals surface area (Å²) in [5.41, 5.74) is 1.59. The van der Waals surface area contributed by atoms with Crippen molar-refractivity contribution in [2.45, 2.75) is 17.6 Å². The molecule has 0 bridgehead atoms. The molecule has 1 fully saturated rings. The highest BCUT2D eigenvalue weighted by Gasteiger charge is 2.51. The fraction of sp³-hybridized carbons (Fsp3) is 0.312. The van der Waals surface area contributed by atoms with E-state index in [4.69, 9.17) is 0 Å². The third-order valence-electron chi connectivity index (χ3n) is 4.54. The molecule has 0 atom stereocenters. The van der Waals surface area contributed by atoms with Gasteiger partial charge in [-0.2, -0.15) is 5.10 Å². The molecule has 2 aromatic heterocycles. The third kappa shape index (κ3) is 2.43. The number of anilines is 1. The summed E-state index contributed by atoms with van der Waals surface area (Å²) in [6, 6.07) is 9.71. The van der Waals surface area contributed by atoms with Crippen molar-refractivity contribution in [3.8, 4) is 5.69 Å². The second kappa shape index (κ2) is 5.27. The van der Waals surface area contributed by atoms with Crippen LogP contribution < -0.4 is 5.32 Å². The molecule has 0 unspecified atom stereocenters. The van der Waals surface area contributed by atoms with Gasteiger partial charge in [-0.05, 0) is 25.0 Å². The highest BCUT2D eigenvalue weighted by atomic mass is 32.2. The van der Waals surface area contributed by atoms with Crippen LogP contribution in [0.3, 0.4) is 0 Å². The van der Waals surface area contributed by atoms with Gasteiger partial charge in [-0.3, -0.25) is 0 Å². The molecular formula is C16H17N5O2S. The molecule has 2 heterocycles. The zero-order valence-corrected chi connectivity index (χ0v) is 14.0. The van der Waals surface area contributed by atoms with Gasteiger partial charge in [0.15, 0.2) is 15.5 Å². The average molecular weight is 343 g/mol. The SMILES string of the molecule is CS(=O)(=O)C1(CNc2ncnc3c2cnn3-c2ccccc2)CC1. The number of hydrogen-bond acceptors (Lipinski definition) is 6. The lowest BCUT2D eigenvalue weighted by Crippen LogP contribution is -2.30. The van der Waals surface area contributed by atoms with Crippen LogP contribution in [-0.4, -0.2) is 45.7 Å². The number of benzene rings is 1. The summed E-state index contributed by atoms with van der Waals surface area (Å²) in [6.45, 7) is 0.356. The minimum absolute atomic E-state index is 0.356. The van der Waals surface area contributed by atoms with E-state index in [0.29, 0.717) is 30.9 Å². The minimum Gasteiger partial charge on any atom is -0.368 e. The van der Waals surface area contributed by atoms with Crippen molar-refractivity contribution in [3.63, 3.8) is 0 Å². The summed E-state index contributed by atoms with van der Waals surface area (Å²) in [5.74, 6) is 0.608. The van der Waals surface area contributed by atoms with Gasteiger partial charge in [0, 0.05) is 12.8 Å². The zero-order chi connectivity index (χ0) is 16.8. The van der Waals surface area contributed by atoms with Gasteiger partial charge in [0.05, 0.1) is 22.0 Å². The van der Waals surface area contributed by atoms with Crippen LogP contribution in [0.15, 0.2) is 42.9 Å². The standard InChI is InChI=1S/C16H17N5O2S/c1-24(22,23)16(7-8-16)10-17-14-13-9-20-21(15(13)19-11-18-14)12-5-3-2-4-6-12/h2-6,9,11H,7-8,10H2,1H3,(H,17,18,19). The number of nitrogens with zero attached hydrogens (tertiary/aromatic N) is 4. The topological polar surface area (TPSA) is 89.8 Å². The molecule has 1 aromatic carbocycles. The van der Waals surface area contributed by atoms with Gasteiger partial charge in [0.2, 0.25) is 0 Å². The molecule has 1 saturated carbocycles. The van der Waals surface area contributed by atoms with E-state index in [-0.39, 0.29) is 0 Å². The molecule has 1 aliphatic rings. The quantitative estimate of drug-likeness (QED) is 0.760. The summed E-state index contributed by atoms with van der Waals surface area (Å²) in [5, 5.41) is 8.34. The van der Waals surface area contributed by atoms with Crippen molar-refractivity contribution in [2.75, 3.05) is 18.1 Å². The Morgan fingerprint density at radius 2 is 1.96 bits per heavy atom. The van der Waals surface area contributed by atoms with E-state index < -0.39 is 14.6 Å². The van der Waals surface area contributed by atoms with Crippen LogP contribution in [0.5, 0.6) is 0 Å². The molecule has 0 aliphatic heterocycles. The first-order valence-electron chi connectivity index (χ1n) is 7.68. The normalized spacial score (nSPS) is 16.2. The lowest BCUT2D eigenvalue weighted by molar-refractivity contribution is 0.585. The maximum absolute atomic E-state index is 11.9. The highest BCUT2D eigenvalue weighted by Crippen LogP contribution is 2.43. The third-order valence-corrected chi connectivity index (χ3v) is 6.66. The number of fused-ring (bicyclic) bond motifs is 1. The molecule has 124 valence electrons. The Bertz CT molecular complexity index is 994. The Morgan fingerprint density at radius 1 is 1.21 bits per heavy atom. The number of rotatable bonds is 5. The van der Waals surface area contributed by atoms with Crippen LogP contribution in [0, 0.1) is 0 Å².